The number of nitrogens with zero attached hydrogens (tertiary/aromatic N) is 2. The van der Waals surface area contributed by atoms with Crippen molar-refractivity contribution in [2.45, 2.75) is 11.6 Å². The van der Waals surface area contributed by atoms with Gasteiger partial charge in [-0.2, -0.15) is 0 Å². The zero-order valence-corrected chi connectivity index (χ0v) is 19.8. The summed E-state index contributed by atoms with van der Waals surface area (Å²) >= 11 is 1.14. The van der Waals surface area contributed by atoms with Crippen LogP contribution in [-0.4, -0.2) is 54.1 Å². The lowest BCUT2D eigenvalue weighted by Gasteiger charge is -2.07. The molecule has 10 nitrogen and oxygen atoms in total. The van der Waals surface area contributed by atoms with Gasteiger partial charge in [0, 0.05) is 0 Å². The van der Waals surface area contributed by atoms with E-state index in [4.69, 9.17) is 14.2 Å². The molecule has 3 N–H and O–H groups in total. The van der Waals surface area contributed by atoms with Gasteiger partial charge in [-0.05, 0) is 41.5 Å². The first-order valence-electron chi connectivity index (χ1n) is 10.2. The normalized spacial score (nSPS) is 10.7. The number of hydrogen-bond donors (Lipinski definition) is 3. The van der Waals surface area contributed by atoms with Crippen molar-refractivity contribution in [3.63, 3.8) is 0 Å². The van der Waals surface area contributed by atoms with Crippen LogP contribution in [0.3, 0.4) is 0 Å². The van der Waals surface area contributed by atoms with Gasteiger partial charge in [-0.15, -0.1) is 5.10 Å². The van der Waals surface area contributed by atoms with Crippen LogP contribution >= 0.6 is 11.8 Å². The molecule has 1 aromatic heterocycles. The largest absolute Gasteiger partial charge is 0.497 e. The van der Waals surface area contributed by atoms with Gasteiger partial charge in [0.2, 0.25) is 17.0 Å². The number of aromatic amines is 1. The number of nitrogens with one attached hydrogen (secondary N) is 3. The van der Waals surface area contributed by atoms with Crippen LogP contribution in [0.15, 0.2) is 47.6 Å². The minimum Gasteiger partial charge on any atom is -0.497 e. The van der Waals surface area contributed by atoms with Crippen molar-refractivity contribution in [3.05, 3.63) is 59.4 Å². The van der Waals surface area contributed by atoms with Crippen molar-refractivity contribution in [2.75, 3.05) is 27.1 Å². The highest BCUT2D eigenvalue weighted by Crippen LogP contribution is 2.28. The van der Waals surface area contributed by atoms with Crippen LogP contribution in [0.5, 0.6) is 17.2 Å². The maximum absolute atomic E-state index is 12.0. The first-order valence-corrected chi connectivity index (χ1v) is 11.1. The number of carbonyl (C=O) groups is 2. The molecule has 0 unspecified atom stereocenters. The number of aromatic nitrogens is 3. The molecular formula is C23H25N5O5S. The maximum Gasteiger partial charge on any atom is 0.248 e. The highest BCUT2D eigenvalue weighted by Gasteiger charge is 2.09. The van der Waals surface area contributed by atoms with Gasteiger partial charge in [-0.3, -0.25) is 25.5 Å². The molecule has 0 atom stereocenters. The predicted octanol–water partition coefficient (Wildman–Crippen LogP) is 2.48. The number of methoxy groups -OCH3 is 3. The molecule has 0 saturated heterocycles. The number of rotatable bonds is 10. The maximum atomic E-state index is 12.0. The molecule has 0 radical (unpaired) electrons. The summed E-state index contributed by atoms with van der Waals surface area (Å²) in [5, 5.41) is 7.29. The molecule has 0 fully saturated rings. The summed E-state index contributed by atoms with van der Waals surface area (Å²) in [7, 11) is 4.73. The number of carbonyl (C=O) groups excluding carboxylic acids is 2. The Morgan fingerprint density at radius 2 is 1.68 bits per heavy atom. The predicted molar refractivity (Wildman–Crippen MR) is 129 cm³/mol. The zero-order valence-electron chi connectivity index (χ0n) is 19.0. The Kier molecular flexibility index (Phi) is 8.92. The molecule has 0 saturated carbocycles. The van der Waals surface area contributed by atoms with Gasteiger partial charge in [-0.25, -0.2) is 4.98 Å². The zero-order chi connectivity index (χ0) is 24.3. The molecule has 0 spiro atoms. The summed E-state index contributed by atoms with van der Waals surface area (Å²) in [6, 6.07) is 12.7. The van der Waals surface area contributed by atoms with Crippen LogP contribution in [0.25, 0.3) is 12.2 Å². The smallest absolute Gasteiger partial charge is 0.248 e. The monoisotopic (exact) mass is 483 g/mol. The number of ether oxygens (including phenoxy) is 3. The minimum atomic E-state index is -0.375. The van der Waals surface area contributed by atoms with Crippen molar-refractivity contribution >= 4 is 35.7 Å². The van der Waals surface area contributed by atoms with Crippen molar-refractivity contribution in [3.8, 4) is 17.2 Å². The van der Waals surface area contributed by atoms with E-state index in [9.17, 15) is 9.59 Å². The molecule has 1 heterocycles. The van der Waals surface area contributed by atoms with Crippen molar-refractivity contribution in [1.29, 1.82) is 0 Å². The summed E-state index contributed by atoms with van der Waals surface area (Å²) in [4.78, 5) is 28.3. The van der Waals surface area contributed by atoms with E-state index in [0.717, 1.165) is 22.9 Å². The van der Waals surface area contributed by atoms with E-state index in [1.165, 1.54) is 0 Å². The Balaban J connectivity index is 1.42. The van der Waals surface area contributed by atoms with E-state index in [1.807, 2.05) is 24.3 Å². The summed E-state index contributed by atoms with van der Waals surface area (Å²) in [6.45, 7) is 0. The molecule has 2 amide bonds. The third kappa shape index (κ3) is 7.27. The average Bonchev–Trinajstić information content (AvgIpc) is 3.33. The Hall–Kier alpha value is -3.99. The SMILES string of the molecule is COc1ccc(CC(=O)NNC(=O)CSc2n[nH]c(/C=C/c3ccc(OC)c(OC)c3)n2)cc1. The number of hydrazine groups is 1. The lowest BCUT2D eigenvalue weighted by atomic mass is 10.1. The Morgan fingerprint density at radius 3 is 2.38 bits per heavy atom. The molecule has 34 heavy (non-hydrogen) atoms. The Labute approximate surface area is 201 Å². The molecule has 3 aromatic rings. The molecule has 178 valence electrons. The molecule has 0 aliphatic heterocycles. The van der Waals surface area contributed by atoms with Crippen LogP contribution in [-0.2, 0) is 16.0 Å². The second-order valence-corrected chi connectivity index (χ2v) is 7.80. The van der Waals surface area contributed by atoms with Crippen LogP contribution in [0, 0.1) is 0 Å². The number of amides is 2. The lowest BCUT2D eigenvalue weighted by Crippen LogP contribution is -2.43. The Morgan fingerprint density at radius 1 is 0.941 bits per heavy atom. The van der Waals surface area contributed by atoms with E-state index < -0.39 is 0 Å². The third-order valence-electron chi connectivity index (χ3n) is 4.52. The van der Waals surface area contributed by atoms with Gasteiger partial charge in [0.15, 0.2) is 11.5 Å². The Bertz CT molecular complexity index is 1150. The first kappa shape index (κ1) is 24.6. The highest BCUT2D eigenvalue weighted by molar-refractivity contribution is 7.99. The van der Waals surface area contributed by atoms with Gasteiger partial charge < -0.3 is 14.2 Å². The van der Waals surface area contributed by atoms with E-state index in [1.54, 1.807) is 51.7 Å². The van der Waals surface area contributed by atoms with Crippen LogP contribution in [0.2, 0.25) is 0 Å². The summed E-state index contributed by atoms with van der Waals surface area (Å²) in [5.74, 6) is 1.85. The number of benzene rings is 2. The topological polar surface area (TPSA) is 127 Å². The summed E-state index contributed by atoms with van der Waals surface area (Å²) in [5.41, 5.74) is 6.48. The van der Waals surface area contributed by atoms with Crippen molar-refractivity contribution < 1.29 is 23.8 Å². The molecule has 0 bridgehead atoms. The molecular weight excluding hydrogens is 458 g/mol. The van der Waals surface area contributed by atoms with Gasteiger partial charge in [-0.1, -0.05) is 36.0 Å². The van der Waals surface area contributed by atoms with Crippen molar-refractivity contribution in [1.82, 2.24) is 26.0 Å². The van der Waals surface area contributed by atoms with E-state index in [0.29, 0.717) is 28.2 Å². The van der Waals surface area contributed by atoms with Crippen LogP contribution in [0.1, 0.15) is 17.0 Å². The second kappa shape index (κ2) is 12.3. The summed E-state index contributed by atoms with van der Waals surface area (Å²) < 4.78 is 15.6. The van der Waals surface area contributed by atoms with Crippen LogP contribution < -0.4 is 25.1 Å². The van der Waals surface area contributed by atoms with Gasteiger partial charge in [0.25, 0.3) is 0 Å². The first-order chi connectivity index (χ1) is 16.5. The summed E-state index contributed by atoms with van der Waals surface area (Å²) in [6.07, 6.45) is 3.74. The molecule has 11 heteroatoms. The molecule has 2 aromatic carbocycles. The van der Waals surface area contributed by atoms with Gasteiger partial charge >= 0.3 is 0 Å². The molecule has 3 rings (SSSR count). The van der Waals surface area contributed by atoms with E-state index in [2.05, 4.69) is 26.0 Å². The minimum absolute atomic E-state index is 0.0412. The second-order valence-electron chi connectivity index (χ2n) is 6.86. The standard InChI is InChI=1S/C23H25N5O5S/c1-31-17-8-4-16(5-9-17)13-21(29)26-27-22(30)14-34-23-24-20(25-28-23)11-7-15-6-10-18(32-2)19(12-15)33-3/h4-12H,13-14H2,1-3H3,(H,26,29)(H,27,30)(H,24,25,28)/b11-7+. The fraction of sp³-hybridized carbons (Fsp3) is 0.217. The quantitative estimate of drug-likeness (QED) is 0.296. The number of hydrogen-bond acceptors (Lipinski definition) is 8. The van der Waals surface area contributed by atoms with Crippen LogP contribution in [0.4, 0.5) is 0 Å². The fourth-order valence-corrected chi connectivity index (χ4v) is 3.41. The van der Waals surface area contributed by atoms with Gasteiger partial charge in [0.1, 0.15) is 11.6 Å². The number of thioether (sulfide) groups is 1. The molecule has 0 aliphatic rings. The lowest BCUT2D eigenvalue weighted by molar-refractivity contribution is -0.127. The third-order valence-corrected chi connectivity index (χ3v) is 5.37. The average molecular weight is 484 g/mol. The van der Waals surface area contributed by atoms with E-state index >= 15 is 0 Å². The van der Waals surface area contributed by atoms with Crippen molar-refractivity contribution in [2.24, 2.45) is 0 Å². The van der Waals surface area contributed by atoms with Gasteiger partial charge in [0.05, 0.1) is 33.5 Å². The highest BCUT2D eigenvalue weighted by atomic mass is 32.2. The fourth-order valence-electron chi connectivity index (χ4n) is 2.81. The number of H-pyrrole nitrogens is 1. The van der Waals surface area contributed by atoms with E-state index in [-0.39, 0.29) is 24.0 Å². The molecule has 0 aliphatic carbocycles.